The van der Waals surface area contributed by atoms with E-state index in [9.17, 15) is 4.79 Å². The van der Waals surface area contributed by atoms with E-state index < -0.39 is 5.97 Å². The van der Waals surface area contributed by atoms with Crippen LogP contribution >= 0.6 is 0 Å². The first-order valence-corrected chi connectivity index (χ1v) is 6.37. The molecule has 0 radical (unpaired) electrons. The lowest BCUT2D eigenvalue weighted by molar-refractivity contribution is -0.131. The van der Waals surface area contributed by atoms with E-state index in [2.05, 4.69) is 0 Å². The maximum atomic E-state index is 10.6. The Kier molecular flexibility index (Phi) is 4.61. The van der Waals surface area contributed by atoms with Crippen LogP contribution in [0.15, 0.2) is 48.5 Å². The minimum atomic E-state index is -0.975. The first kappa shape index (κ1) is 14.7. The highest BCUT2D eigenvalue weighted by atomic mass is 16.5. The molecule has 1 N–H and O–H groups in total. The fourth-order valence-electron chi connectivity index (χ4n) is 1.99. The standard InChI is InChI=1S/C17H16O4/c1-20-14-7-5-13(6-8-14)15-11-12(4-10-17(18)19)3-9-16(15)21-2/h3-11H,1-2H3,(H,18,19)/b10-4+. The van der Waals surface area contributed by atoms with Crippen LogP contribution in [0.4, 0.5) is 0 Å². The molecule has 0 saturated carbocycles. The molecule has 4 heteroatoms. The number of carbonyl (C=O) groups is 1. The molecule has 108 valence electrons. The highest BCUT2D eigenvalue weighted by Gasteiger charge is 2.07. The van der Waals surface area contributed by atoms with Crippen molar-refractivity contribution in [3.8, 4) is 22.6 Å². The monoisotopic (exact) mass is 284 g/mol. The molecule has 2 aromatic rings. The predicted octanol–water partition coefficient (Wildman–Crippen LogP) is 3.47. The van der Waals surface area contributed by atoms with Crippen molar-refractivity contribution in [2.75, 3.05) is 14.2 Å². The minimum Gasteiger partial charge on any atom is -0.497 e. The Morgan fingerprint density at radius 2 is 1.76 bits per heavy atom. The van der Waals surface area contributed by atoms with Gasteiger partial charge in [-0.2, -0.15) is 0 Å². The molecule has 4 nitrogen and oxygen atoms in total. The molecule has 0 aliphatic rings. The van der Waals surface area contributed by atoms with Gasteiger partial charge in [0.2, 0.25) is 0 Å². The summed E-state index contributed by atoms with van der Waals surface area (Å²) in [6.07, 6.45) is 2.66. The van der Waals surface area contributed by atoms with Gasteiger partial charge in [0.1, 0.15) is 11.5 Å². The zero-order valence-electron chi connectivity index (χ0n) is 11.9. The number of carboxylic acids is 1. The molecule has 21 heavy (non-hydrogen) atoms. The van der Waals surface area contributed by atoms with Crippen molar-refractivity contribution in [1.29, 1.82) is 0 Å². The summed E-state index contributed by atoms with van der Waals surface area (Å²) in [6.45, 7) is 0. The van der Waals surface area contributed by atoms with Gasteiger partial charge in [-0.25, -0.2) is 4.79 Å². The van der Waals surface area contributed by atoms with Gasteiger partial charge >= 0.3 is 5.97 Å². The Morgan fingerprint density at radius 1 is 1.05 bits per heavy atom. The molecule has 0 heterocycles. The third-order valence-corrected chi connectivity index (χ3v) is 3.04. The molecule has 0 amide bonds. The van der Waals surface area contributed by atoms with E-state index >= 15 is 0 Å². The van der Waals surface area contributed by atoms with E-state index in [0.29, 0.717) is 0 Å². The number of carboxylic acid groups (broad SMARTS) is 1. The minimum absolute atomic E-state index is 0.729. The average Bonchev–Trinajstić information content (AvgIpc) is 2.52. The van der Waals surface area contributed by atoms with Gasteiger partial charge in [0.05, 0.1) is 14.2 Å². The van der Waals surface area contributed by atoms with Gasteiger partial charge in [-0.3, -0.25) is 0 Å². The number of ether oxygens (including phenoxy) is 2. The zero-order valence-corrected chi connectivity index (χ0v) is 11.9. The normalized spacial score (nSPS) is 10.6. The van der Waals surface area contributed by atoms with Crippen LogP contribution in [-0.2, 0) is 4.79 Å². The third kappa shape index (κ3) is 3.63. The van der Waals surface area contributed by atoms with Crippen molar-refractivity contribution in [1.82, 2.24) is 0 Å². The zero-order chi connectivity index (χ0) is 15.2. The van der Waals surface area contributed by atoms with Crippen molar-refractivity contribution < 1.29 is 19.4 Å². The molecule has 0 unspecified atom stereocenters. The summed E-state index contributed by atoms with van der Waals surface area (Å²) in [6, 6.07) is 13.1. The molecule has 2 aromatic carbocycles. The summed E-state index contributed by atoms with van der Waals surface area (Å²) in [7, 11) is 3.22. The van der Waals surface area contributed by atoms with Gasteiger partial charge in [0, 0.05) is 11.6 Å². The summed E-state index contributed by atoms with van der Waals surface area (Å²) in [5, 5.41) is 8.69. The summed E-state index contributed by atoms with van der Waals surface area (Å²) >= 11 is 0. The Bertz CT molecular complexity index is 657. The van der Waals surface area contributed by atoms with Gasteiger partial charge in [-0.1, -0.05) is 18.2 Å². The Balaban J connectivity index is 2.43. The predicted molar refractivity (Wildman–Crippen MR) is 81.7 cm³/mol. The lowest BCUT2D eigenvalue weighted by Gasteiger charge is -2.10. The molecule has 0 aliphatic carbocycles. The van der Waals surface area contributed by atoms with E-state index in [1.54, 1.807) is 20.3 Å². The van der Waals surface area contributed by atoms with Crippen molar-refractivity contribution in [2.24, 2.45) is 0 Å². The van der Waals surface area contributed by atoms with Crippen LogP contribution < -0.4 is 9.47 Å². The smallest absolute Gasteiger partial charge is 0.328 e. The second kappa shape index (κ2) is 6.61. The molecule has 0 aliphatic heterocycles. The largest absolute Gasteiger partial charge is 0.497 e. The summed E-state index contributed by atoms with van der Waals surface area (Å²) in [5.74, 6) is 0.532. The fourth-order valence-corrected chi connectivity index (χ4v) is 1.99. The van der Waals surface area contributed by atoms with Gasteiger partial charge < -0.3 is 14.6 Å². The molecule has 0 aromatic heterocycles. The number of hydrogen-bond donors (Lipinski definition) is 1. The van der Waals surface area contributed by atoms with Crippen molar-refractivity contribution >= 4 is 12.0 Å². The summed E-state index contributed by atoms with van der Waals surface area (Å²) < 4.78 is 10.5. The molecule has 0 fully saturated rings. The Hall–Kier alpha value is -2.75. The van der Waals surface area contributed by atoms with Crippen molar-refractivity contribution in [3.05, 3.63) is 54.1 Å². The topological polar surface area (TPSA) is 55.8 Å². The Labute approximate surface area is 123 Å². The summed E-state index contributed by atoms with van der Waals surface area (Å²) in [4.78, 5) is 10.6. The first-order chi connectivity index (χ1) is 10.1. The van der Waals surface area contributed by atoms with E-state index in [-0.39, 0.29) is 0 Å². The second-order valence-electron chi connectivity index (χ2n) is 4.36. The molecule has 0 bridgehead atoms. The van der Waals surface area contributed by atoms with Crippen LogP contribution in [0.25, 0.3) is 17.2 Å². The third-order valence-electron chi connectivity index (χ3n) is 3.04. The number of rotatable bonds is 5. The molecule has 0 atom stereocenters. The van der Waals surface area contributed by atoms with E-state index in [0.717, 1.165) is 34.3 Å². The van der Waals surface area contributed by atoms with Gasteiger partial charge in [-0.05, 0) is 41.5 Å². The SMILES string of the molecule is COc1ccc(-c2cc(/C=C/C(=O)O)ccc2OC)cc1. The van der Waals surface area contributed by atoms with Crippen LogP contribution in [0.2, 0.25) is 0 Å². The summed E-state index contributed by atoms with van der Waals surface area (Å²) in [5.41, 5.74) is 2.66. The number of aliphatic carboxylic acids is 1. The lowest BCUT2D eigenvalue weighted by atomic mass is 10.0. The van der Waals surface area contributed by atoms with Crippen LogP contribution in [0, 0.1) is 0 Å². The quantitative estimate of drug-likeness (QED) is 0.854. The maximum absolute atomic E-state index is 10.6. The van der Waals surface area contributed by atoms with E-state index in [1.807, 2.05) is 42.5 Å². The molecular formula is C17H16O4. The number of hydrogen-bond acceptors (Lipinski definition) is 3. The van der Waals surface area contributed by atoms with Crippen molar-refractivity contribution in [2.45, 2.75) is 0 Å². The molecular weight excluding hydrogens is 268 g/mol. The van der Waals surface area contributed by atoms with Gasteiger partial charge in [-0.15, -0.1) is 0 Å². The number of methoxy groups -OCH3 is 2. The molecule has 0 saturated heterocycles. The van der Waals surface area contributed by atoms with Crippen LogP contribution in [-0.4, -0.2) is 25.3 Å². The average molecular weight is 284 g/mol. The van der Waals surface area contributed by atoms with E-state index in [4.69, 9.17) is 14.6 Å². The highest BCUT2D eigenvalue weighted by Crippen LogP contribution is 2.32. The van der Waals surface area contributed by atoms with Crippen LogP contribution in [0.5, 0.6) is 11.5 Å². The number of benzene rings is 2. The maximum Gasteiger partial charge on any atom is 0.328 e. The van der Waals surface area contributed by atoms with Gasteiger partial charge in [0.15, 0.2) is 0 Å². The van der Waals surface area contributed by atoms with Crippen molar-refractivity contribution in [3.63, 3.8) is 0 Å². The molecule has 2 rings (SSSR count). The van der Waals surface area contributed by atoms with Crippen LogP contribution in [0.1, 0.15) is 5.56 Å². The highest BCUT2D eigenvalue weighted by molar-refractivity contribution is 5.86. The van der Waals surface area contributed by atoms with Gasteiger partial charge in [0.25, 0.3) is 0 Å². The fraction of sp³-hybridized carbons (Fsp3) is 0.118. The lowest BCUT2D eigenvalue weighted by Crippen LogP contribution is -1.90. The first-order valence-electron chi connectivity index (χ1n) is 6.37. The Morgan fingerprint density at radius 3 is 2.33 bits per heavy atom. The van der Waals surface area contributed by atoms with E-state index in [1.165, 1.54) is 0 Å². The molecule has 0 spiro atoms. The second-order valence-corrected chi connectivity index (χ2v) is 4.36. The van der Waals surface area contributed by atoms with Crippen LogP contribution in [0.3, 0.4) is 0 Å².